The first-order valence-electron chi connectivity index (χ1n) is 6.24. The summed E-state index contributed by atoms with van der Waals surface area (Å²) in [6.07, 6.45) is -3.16. The Morgan fingerprint density at radius 2 is 1.91 bits per heavy atom. The molecule has 2 aromatic rings. The summed E-state index contributed by atoms with van der Waals surface area (Å²) in [6.45, 7) is 0. The molecule has 7 heteroatoms. The predicted octanol–water partition coefficient (Wildman–Crippen LogP) is 3.87. The Bertz CT molecular complexity index is 685. The largest absolute Gasteiger partial charge is 0.504 e. The number of hydrogen-bond donors (Lipinski definition) is 2. The average Bonchev–Trinajstić information content (AvgIpc) is 2.47. The van der Waals surface area contributed by atoms with Gasteiger partial charge >= 0.3 is 6.18 Å². The van der Waals surface area contributed by atoms with E-state index in [0.29, 0.717) is 11.3 Å². The number of rotatable bonds is 4. The van der Waals surface area contributed by atoms with Crippen LogP contribution in [-0.4, -0.2) is 18.4 Å². The molecule has 0 spiro atoms. The van der Waals surface area contributed by atoms with E-state index in [0.717, 1.165) is 6.07 Å². The SMILES string of the molecule is COc1ccc(C=NNc2ccccc2C(F)(F)F)cc1O. The number of benzene rings is 2. The second-order valence-corrected chi connectivity index (χ2v) is 4.34. The highest BCUT2D eigenvalue weighted by atomic mass is 19.4. The summed E-state index contributed by atoms with van der Waals surface area (Å²) in [5.74, 6) is 0.217. The second-order valence-electron chi connectivity index (χ2n) is 4.34. The number of halogens is 3. The van der Waals surface area contributed by atoms with Crippen LogP contribution in [0.25, 0.3) is 0 Å². The van der Waals surface area contributed by atoms with Crippen LogP contribution in [0.3, 0.4) is 0 Å². The zero-order valence-corrected chi connectivity index (χ0v) is 11.6. The average molecular weight is 310 g/mol. The van der Waals surface area contributed by atoms with Crippen LogP contribution in [0.15, 0.2) is 47.6 Å². The molecule has 0 aliphatic rings. The maximum Gasteiger partial charge on any atom is 0.418 e. The molecule has 4 nitrogen and oxygen atoms in total. The zero-order chi connectivity index (χ0) is 16.2. The first-order chi connectivity index (χ1) is 10.4. The molecule has 0 saturated heterocycles. The molecule has 116 valence electrons. The van der Waals surface area contributed by atoms with Gasteiger partial charge in [-0.2, -0.15) is 18.3 Å². The number of hydrazone groups is 1. The predicted molar refractivity (Wildman–Crippen MR) is 77.3 cm³/mol. The van der Waals surface area contributed by atoms with Gasteiger partial charge in [0.15, 0.2) is 11.5 Å². The van der Waals surface area contributed by atoms with Gasteiger partial charge in [0.25, 0.3) is 0 Å². The Labute approximate surface area is 124 Å². The Morgan fingerprint density at radius 3 is 2.55 bits per heavy atom. The minimum Gasteiger partial charge on any atom is -0.504 e. The van der Waals surface area contributed by atoms with E-state index in [1.807, 2.05) is 0 Å². The lowest BCUT2D eigenvalue weighted by molar-refractivity contribution is -0.136. The number of anilines is 1. The third kappa shape index (κ3) is 3.69. The molecular weight excluding hydrogens is 297 g/mol. The molecule has 22 heavy (non-hydrogen) atoms. The van der Waals surface area contributed by atoms with Crippen molar-refractivity contribution < 1.29 is 23.0 Å². The molecular formula is C15H13F3N2O2. The summed E-state index contributed by atoms with van der Waals surface area (Å²) in [5.41, 5.74) is 1.91. The van der Waals surface area contributed by atoms with Crippen molar-refractivity contribution in [3.8, 4) is 11.5 Å². The Hall–Kier alpha value is -2.70. The van der Waals surface area contributed by atoms with E-state index in [1.165, 1.54) is 43.7 Å². The van der Waals surface area contributed by atoms with E-state index >= 15 is 0 Å². The van der Waals surface area contributed by atoms with Crippen molar-refractivity contribution in [1.29, 1.82) is 0 Å². The Balaban J connectivity index is 2.15. The van der Waals surface area contributed by atoms with Crippen molar-refractivity contribution in [3.63, 3.8) is 0 Å². The second kappa shape index (κ2) is 6.38. The summed E-state index contributed by atoms with van der Waals surface area (Å²) < 4.78 is 43.3. The monoisotopic (exact) mass is 310 g/mol. The topological polar surface area (TPSA) is 53.8 Å². The summed E-state index contributed by atoms with van der Waals surface area (Å²) in [4.78, 5) is 0. The normalized spacial score (nSPS) is 11.6. The smallest absolute Gasteiger partial charge is 0.418 e. The fourth-order valence-electron chi connectivity index (χ4n) is 1.79. The van der Waals surface area contributed by atoms with E-state index in [4.69, 9.17) is 4.74 Å². The molecule has 0 unspecified atom stereocenters. The van der Waals surface area contributed by atoms with Crippen molar-refractivity contribution in [3.05, 3.63) is 53.6 Å². The van der Waals surface area contributed by atoms with Crippen LogP contribution in [0.2, 0.25) is 0 Å². The lowest BCUT2D eigenvalue weighted by Crippen LogP contribution is -2.08. The molecule has 0 aliphatic carbocycles. The van der Waals surface area contributed by atoms with Gasteiger partial charge in [-0.05, 0) is 35.9 Å². The highest BCUT2D eigenvalue weighted by molar-refractivity contribution is 5.81. The fraction of sp³-hybridized carbons (Fsp3) is 0.133. The molecule has 0 atom stereocenters. The molecule has 0 heterocycles. The van der Waals surface area contributed by atoms with Gasteiger partial charge in [-0.1, -0.05) is 12.1 Å². The standard InChI is InChI=1S/C15H13F3N2O2/c1-22-14-7-6-10(8-13(14)21)9-19-20-12-5-3-2-4-11(12)15(16,17)18/h2-9,20-21H,1H3. The maximum atomic E-state index is 12.8. The Morgan fingerprint density at radius 1 is 1.18 bits per heavy atom. The lowest BCUT2D eigenvalue weighted by atomic mass is 10.2. The Kier molecular flexibility index (Phi) is 4.55. The number of aromatic hydroxyl groups is 1. The molecule has 0 fully saturated rings. The number of phenolic OH excluding ortho intramolecular Hbond substituents is 1. The van der Waals surface area contributed by atoms with Crippen LogP contribution in [0.4, 0.5) is 18.9 Å². The van der Waals surface area contributed by atoms with Crippen LogP contribution >= 0.6 is 0 Å². The zero-order valence-electron chi connectivity index (χ0n) is 11.6. The minimum absolute atomic E-state index is 0.0814. The number of nitrogens with one attached hydrogen (secondary N) is 1. The highest BCUT2D eigenvalue weighted by Gasteiger charge is 2.33. The number of ether oxygens (including phenoxy) is 1. The summed E-state index contributed by atoms with van der Waals surface area (Å²) in [5, 5.41) is 13.4. The quantitative estimate of drug-likeness (QED) is 0.666. The van der Waals surface area contributed by atoms with Gasteiger partial charge in [0.1, 0.15) is 0 Å². The van der Waals surface area contributed by atoms with Crippen LogP contribution in [0.1, 0.15) is 11.1 Å². The van der Waals surface area contributed by atoms with E-state index < -0.39 is 11.7 Å². The van der Waals surface area contributed by atoms with Gasteiger partial charge in [0, 0.05) is 0 Å². The molecule has 0 aromatic heterocycles. The molecule has 0 aliphatic heterocycles. The molecule has 2 rings (SSSR count). The molecule has 0 radical (unpaired) electrons. The van der Waals surface area contributed by atoms with Gasteiger partial charge in [-0.25, -0.2) is 0 Å². The fourth-order valence-corrected chi connectivity index (χ4v) is 1.79. The molecule has 0 bridgehead atoms. The van der Waals surface area contributed by atoms with Gasteiger partial charge in [-0.3, -0.25) is 5.43 Å². The van der Waals surface area contributed by atoms with Gasteiger partial charge < -0.3 is 9.84 Å². The van der Waals surface area contributed by atoms with Gasteiger partial charge in [0.2, 0.25) is 0 Å². The van der Waals surface area contributed by atoms with Crippen molar-refractivity contribution in [2.45, 2.75) is 6.18 Å². The van der Waals surface area contributed by atoms with Crippen molar-refractivity contribution >= 4 is 11.9 Å². The first-order valence-corrected chi connectivity index (χ1v) is 6.24. The van der Waals surface area contributed by atoms with Gasteiger partial charge in [0.05, 0.1) is 24.6 Å². The molecule has 2 aromatic carbocycles. The summed E-state index contributed by atoms with van der Waals surface area (Å²) in [7, 11) is 1.42. The van der Waals surface area contributed by atoms with Crippen LogP contribution < -0.4 is 10.2 Å². The summed E-state index contributed by atoms with van der Waals surface area (Å²) >= 11 is 0. The van der Waals surface area contributed by atoms with Crippen molar-refractivity contribution in [2.75, 3.05) is 12.5 Å². The van der Waals surface area contributed by atoms with E-state index in [1.54, 1.807) is 6.07 Å². The number of hydrogen-bond acceptors (Lipinski definition) is 4. The van der Waals surface area contributed by atoms with E-state index in [-0.39, 0.29) is 11.4 Å². The first kappa shape index (κ1) is 15.7. The number of alkyl halides is 3. The third-order valence-electron chi connectivity index (χ3n) is 2.83. The van der Waals surface area contributed by atoms with E-state index in [9.17, 15) is 18.3 Å². The van der Waals surface area contributed by atoms with E-state index in [2.05, 4.69) is 10.5 Å². The highest BCUT2D eigenvalue weighted by Crippen LogP contribution is 2.34. The number of para-hydroxylation sites is 1. The number of phenols is 1. The number of methoxy groups -OCH3 is 1. The molecule has 0 amide bonds. The third-order valence-corrected chi connectivity index (χ3v) is 2.83. The van der Waals surface area contributed by atoms with Crippen LogP contribution in [-0.2, 0) is 6.18 Å². The number of nitrogens with zero attached hydrogens (tertiary/aromatic N) is 1. The molecule has 0 saturated carbocycles. The minimum atomic E-state index is -4.46. The van der Waals surface area contributed by atoms with Crippen LogP contribution in [0, 0.1) is 0 Å². The molecule has 2 N–H and O–H groups in total. The van der Waals surface area contributed by atoms with Gasteiger partial charge in [-0.15, -0.1) is 0 Å². The van der Waals surface area contributed by atoms with Crippen LogP contribution in [0.5, 0.6) is 11.5 Å². The maximum absolute atomic E-state index is 12.8. The lowest BCUT2D eigenvalue weighted by Gasteiger charge is -2.11. The van der Waals surface area contributed by atoms with Crippen molar-refractivity contribution in [2.24, 2.45) is 5.10 Å². The van der Waals surface area contributed by atoms with Crippen molar-refractivity contribution in [1.82, 2.24) is 0 Å². The summed E-state index contributed by atoms with van der Waals surface area (Å²) in [6, 6.07) is 9.56.